The van der Waals surface area contributed by atoms with Crippen LogP contribution >= 0.6 is 0 Å². The van der Waals surface area contributed by atoms with Gasteiger partial charge in [0.15, 0.2) is 0 Å². The van der Waals surface area contributed by atoms with Gasteiger partial charge in [0.2, 0.25) is 5.88 Å². The molecule has 1 saturated heterocycles. The molecular weight excluding hydrogens is 354 g/mol. The van der Waals surface area contributed by atoms with Gasteiger partial charge in [0, 0.05) is 37.9 Å². The maximum absolute atomic E-state index is 12.6. The summed E-state index contributed by atoms with van der Waals surface area (Å²) < 4.78 is 11.4. The number of carbonyl (C=O) groups is 1. The first-order valence-corrected chi connectivity index (χ1v) is 9.98. The van der Waals surface area contributed by atoms with E-state index in [1.54, 1.807) is 6.20 Å². The fourth-order valence-electron chi connectivity index (χ4n) is 3.14. The first-order chi connectivity index (χ1) is 13.8. The van der Waals surface area contributed by atoms with Gasteiger partial charge in [-0.1, -0.05) is 49.7 Å². The van der Waals surface area contributed by atoms with Crippen molar-refractivity contribution in [2.45, 2.75) is 39.0 Å². The van der Waals surface area contributed by atoms with E-state index in [2.05, 4.69) is 34.3 Å². The molecule has 150 valence electrons. The normalized spacial score (nSPS) is 17.2. The Kier molecular flexibility index (Phi) is 7.82. The Morgan fingerprint density at radius 3 is 2.96 bits per heavy atom. The Morgan fingerprint density at radius 1 is 1.29 bits per heavy atom. The van der Waals surface area contributed by atoms with Crippen molar-refractivity contribution in [3.05, 3.63) is 59.8 Å². The Hall–Kier alpha value is -2.44. The van der Waals surface area contributed by atoms with Gasteiger partial charge in [0.25, 0.3) is 5.91 Å². The quantitative estimate of drug-likeness (QED) is 0.675. The molecule has 0 aliphatic carbocycles. The third-order valence-electron chi connectivity index (χ3n) is 4.73. The first kappa shape index (κ1) is 20.3. The maximum atomic E-state index is 12.6. The van der Waals surface area contributed by atoms with Crippen molar-refractivity contribution in [2.24, 2.45) is 0 Å². The third kappa shape index (κ3) is 6.04. The summed E-state index contributed by atoms with van der Waals surface area (Å²) in [6.07, 6.45) is 3.30. The zero-order chi connectivity index (χ0) is 19.6. The molecule has 0 bridgehead atoms. The molecule has 6 nitrogen and oxygen atoms in total. The predicted molar refractivity (Wildman–Crippen MR) is 108 cm³/mol. The molecule has 0 radical (unpaired) electrons. The van der Waals surface area contributed by atoms with Crippen LogP contribution in [-0.2, 0) is 22.6 Å². The van der Waals surface area contributed by atoms with Crippen molar-refractivity contribution >= 4 is 5.91 Å². The Morgan fingerprint density at radius 2 is 2.14 bits per heavy atom. The van der Waals surface area contributed by atoms with Gasteiger partial charge < -0.3 is 14.8 Å². The average Bonchev–Trinajstić information content (AvgIpc) is 2.74. The lowest BCUT2D eigenvalue weighted by atomic mass is 10.2. The zero-order valence-electron chi connectivity index (χ0n) is 16.5. The van der Waals surface area contributed by atoms with E-state index in [9.17, 15) is 4.79 Å². The van der Waals surface area contributed by atoms with E-state index in [-0.39, 0.29) is 5.91 Å². The molecule has 28 heavy (non-hydrogen) atoms. The number of hydrogen-bond donors (Lipinski definition) is 1. The van der Waals surface area contributed by atoms with Gasteiger partial charge in [-0.15, -0.1) is 0 Å². The summed E-state index contributed by atoms with van der Waals surface area (Å²) in [5, 5.41) is 2.97. The lowest BCUT2D eigenvalue weighted by Gasteiger charge is -2.32. The molecule has 1 aromatic heterocycles. The van der Waals surface area contributed by atoms with E-state index in [1.165, 1.54) is 5.56 Å². The maximum Gasteiger partial charge on any atom is 0.250 e. The molecule has 3 rings (SSSR count). The van der Waals surface area contributed by atoms with Crippen LogP contribution in [0.5, 0.6) is 5.88 Å². The molecule has 1 aromatic carbocycles. The highest BCUT2D eigenvalue weighted by Crippen LogP contribution is 2.15. The lowest BCUT2D eigenvalue weighted by molar-refractivity contribution is -0.139. The molecule has 1 aliphatic heterocycles. The van der Waals surface area contributed by atoms with Crippen LogP contribution in [0.15, 0.2) is 48.7 Å². The van der Waals surface area contributed by atoms with Crippen LogP contribution in [0, 0.1) is 0 Å². The number of pyridine rings is 1. The highest BCUT2D eigenvalue weighted by Gasteiger charge is 2.26. The second-order valence-electron chi connectivity index (χ2n) is 6.97. The summed E-state index contributed by atoms with van der Waals surface area (Å²) in [6.45, 7) is 5.94. The van der Waals surface area contributed by atoms with Crippen LogP contribution in [0.4, 0.5) is 0 Å². The minimum atomic E-state index is -0.460. The molecule has 6 heteroatoms. The standard InChI is InChI=1S/C22H29N3O3/c1-2-3-13-28-22-19(10-7-11-23-22)15-24-21(26)20-17-25(12-14-27-20)16-18-8-5-4-6-9-18/h4-11,20H,2-3,12-17H2,1H3,(H,24,26). The predicted octanol–water partition coefficient (Wildman–Crippen LogP) is 2.78. The summed E-state index contributed by atoms with van der Waals surface area (Å²) in [5.41, 5.74) is 2.12. The number of rotatable bonds is 9. The average molecular weight is 383 g/mol. The number of benzene rings is 1. The number of ether oxygens (including phenoxy) is 2. The molecule has 1 N–H and O–H groups in total. The van der Waals surface area contributed by atoms with Crippen LogP contribution in [0.1, 0.15) is 30.9 Å². The number of amides is 1. The van der Waals surface area contributed by atoms with Crippen LogP contribution in [0.3, 0.4) is 0 Å². The molecule has 1 unspecified atom stereocenters. The molecule has 1 atom stereocenters. The molecule has 2 aromatic rings. The van der Waals surface area contributed by atoms with E-state index in [0.717, 1.165) is 31.5 Å². The fraction of sp³-hybridized carbons (Fsp3) is 0.455. The summed E-state index contributed by atoms with van der Waals surface area (Å²) in [4.78, 5) is 19.2. The molecule has 1 fully saturated rings. The second-order valence-corrected chi connectivity index (χ2v) is 6.97. The molecule has 0 saturated carbocycles. The Labute approximate surface area is 166 Å². The largest absolute Gasteiger partial charge is 0.477 e. The third-order valence-corrected chi connectivity index (χ3v) is 4.73. The van der Waals surface area contributed by atoms with Gasteiger partial charge in [-0.05, 0) is 18.1 Å². The van der Waals surface area contributed by atoms with Crippen molar-refractivity contribution in [1.29, 1.82) is 0 Å². The second kappa shape index (κ2) is 10.8. The zero-order valence-corrected chi connectivity index (χ0v) is 16.5. The van der Waals surface area contributed by atoms with Crippen molar-refractivity contribution in [3.63, 3.8) is 0 Å². The first-order valence-electron chi connectivity index (χ1n) is 9.98. The van der Waals surface area contributed by atoms with Gasteiger partial charge in [-0.2, -0.15) is 0 Å². The fourth-order valence-corrected chi connectivity index (χ4v) is 3.14. The van der Waals surface area contributed by atoms with Gasteiger partial charge >= 0.3 is 0 Å². The van der Waals surface area contributed by atoms with Crippen LogP contribution in [0.25, 0.3) is 0 Å². The van der Waals surface area contributed by atoms with Crippen LogP contribution in [-0.4, -0.2) is 48.2 Å². The lowest BCUT2D eigenvalue weighted by Crippen LogP contribution is -2.49. The van der Waals surface area contributed by atoms with Gasteiger partial charge in [0.1, 0.15) is 6.10 Å². The summed E-state index contributed by atoms with van der Waals surface area (Å²) in [7, 11) is 0. The topological polar surface area (TPSA) is 63.7 Å². The minimum Gasteiger partial charge on any atom is -0.477 e. The van der Waals surface area contributed by atoms with Crippen molar-refractivity contribution in [2.75, 3.05) is 26.3 Å². The van der Waals surface area contributed by atoms with E-state index >= 15 is 0 Å². The van der Waals surface area contributed by atoms with Crippen molar-refractivity contribution in [3.8, 4) is 5.88 Å². The van der Waals surface area contributed by atoms with Crippen LogP contribution in [0.2, 0.25) is 0 Å². The smallest absolute Gasteiger partial charge is 0.250 e. The van der Waals surface area contributed by atoms with E-state index in [0.29, 0.717) is 32.2 Å². The molecule has 2 heterocycles. The number of aromatic nitrogens is 1. The number of nitrogens with one attached hydrogen (secondary N) is 1. The number of carbonyl (C=O) groups excluding carboxylic acids is 1. The summed E-state index contributed by atoms with van der Waals surface area (Å²) in [6, 6.07) is 14.1. The van der Waals surface area contributed by atoms with E-state index in [4.69, 9.17) is 9.47 Å². The van der Waals surface area contributed by atoms with Gasteiger partial charge in [-0.3, -0.25) is 9.69 Å². The van der Waals surface area contributed by atoms with Crippen LogP contribution < -0.4 is 10.1 Å². The monoisotopic (exact) mass is 383 g/mol. The van der Waals surface area contributed by atoms with Crippen molar-refractivity contribution in [1.82, 2.24) is 15.2 Å². The Bertz CT molecular complexity index is 739. The number of morpholine rings is 1. The molecule has 1 aliphatic rings. The highest BCUT2D eigenvalue weighted by molar-refractivity contribution is 5.81. The number of hydrogen-bond acceptors (Lipinski definition) is 5. The summed E-state index contributed by atoms with van der Waals surface area (Å²) in [5.74, 6) is 0.493. The van der Waals surface area contributed by atoms with Gasteiger partial charge in [-0.25, -0.2) is 4.98 Å². The van der Waals surface area contributed by atoms with Crippen molar-refractivity contribution < 1.29 is 14.3 Å². The Balaban J connectivity index is 1.50. The molecule has 0 spiro atoms. The summed E-state index contributed by atoms with van der Waals surface area (Å²) >= 11 is 0. The number of unbranched alkanes of at least 4 members (excludes halogenated alkanes) is 1. The minimum absolute atomic E-state index is 0.0962. The van der Waals surface area contributed by atoms with Gasteiger partial charge in [0.05, 0.1) is 13.2 Å². The molecular formula is C22H29N3O3. The van der Waals surface area contributed by atoms with E-state index < -0.39 is 6.10 Å². The number of nitrogens with zero attached hydrogens (tertiary/aromatic N) is 2. The highest BCUT2D eigenvalue weighted by atomic mass is 16.5. The molecule has 1 amide bonds. The van der Waals surface area contributed by atoms with E-state index in [1.807, 2.05) is 30.3 Å². The SMILES string of the molecule is CCCCOc1ncccc1CNC(=O)C1CN(Cc2ccccc2)CCO1.